The van der Waals surface area contributed by atoms with Crippen LogP contribution in [-0.2, 0) is 12.8 Å². The third kappa shape index (κ3) is 2.08. The number of nitrogens with zero attached hydrogens (tertiary/aromatic N) is 2. The lowest BCUT2D eigenvalue weighted by Crippen LogP contribution is -2.01. The van der Waals surface area contributed by atoms with E-state index in [2.05, 4.69) is 9.97 Å². The van der Waals surface area contributed by atoms with Gasteiger partial charge in [-0.2, -0.15) is 0 Å². The Bertz CT molecular complexity index is 824. The Hall–Kier alpha value is -2.01. The Morgan fingerprint density at radius 3 is 2.62 bits per heavy atom. The van der Waals surface area contributed by atoms with Crippen molar-refractivity contribution in [3.63, 3.8) is 0 Å². The maximum absolute atomic E-state index is 13.0. The van der Waals surface area contributed by atoms with Crippen molar-refractivity contribution in [3.8, 4) is 11.4 Å². The number of nitrogens with two attached hydrogens (primary N) is 1. The first-order valence-corrected chi connectivity index (χ1v) is 7.88. The highest BCUT2D eigenvalue weighted by atomic mass is 32.1. The Kier molecular flexibility index (Phi) is 2.89. The predicted molar refractivity (Wildman–Crippen MR) is 83.9 cm³/mol. The zero-order chi connectivity index (χ0) is 14.4. The molecule has 1 aliphatic carbocycles. The summed E-state index contributed by atoms with van der Waals surface area (Å²) in [5.74, 6) is 0.844. The molecule has 0 amide bonds. The molecule has 0 spiro atoms. The second-order valence-electron chi connectivity index (χ2n) is 5.33. The topological polar surface area (TPSA) is 51.8 Å². The van der Waals surface area contributed by atoms with E-state index in [9.17, 15) is 4.39 Å². The molecule has 1 aliphatic rings. The Morgan fingerprint density at radius 2 is 1.81 bits per heavy atom. The number of benzene rings is 1. The summed E-state index contributed by atoms with van der Waals surface area (Å²) in [6.45, 7) is 0. The smallest absolute Gasteiger partial charge is 0.163 e. The van der Waals surface area contributed by atoms with Gasteiger partial charge in [0.2, 0.25) is 0 Å². The molecule has 5 heteroatoms. The van der Waals surface area contributed by atoms with Crippen LogP contribution in [0.2, 0.25) is 0 Å². The number of hydrogen-bond donors (Lipinski definition) is 1. The van der Waals surface area contributed by atoms with E-state index in [1.807, 2.05) is 0 Å². The molecule has 106 valence electrons. The summed E-state index contributed by atoms with van der Waals surface area (Å²) in [4.78, 5) is 11.4. The highest BCUT2D eigenvalue weighted by Crippen LogP contribution is 2.38. The molecule has 2 heterocycles. The van der Waals surface area contributed by atoms with Gasteiger partial charge in [0.25, 0.3) is 0 Å². The van der Waals surface area contributed by atoms with Crippen LogP contribution >= 0.6 is 11.3 Å². The lowest BCUT2D eigenvalue weighted by Gasteiger charge is -2.10. The molecule has 0 fully saturated rings. The minimum absolute atomic E-state index is 0.264. The number of aryl methyl sites for hydroxylation is 2. The summed E-state index contributed by atoms with van der Waals surface area (Å²) in [5.41, 5.74) is 8.30. The number of halogens is 1. The van der Waals surface area contributed by atoms with Crippen LogP contribution in [0.1, 0.15) is 23.3 Å². The van der Waals surface area contributed by atoms with E-state index in [-0.39, 0.29) is 5.82 Å². The molecule has 4 rings (SSSR count). The molecule has 1 aromatic carbocycles. The van der Waals surface area contributed by atoms with Crippen molar-refractivity contribution in [1.29, 1.82) is 0 Å². The second kappa shape index (κ2) is 4.77. The van der Waals surface area contributed by atoms with Gasteiger partial charge < -0.3 is 5.73 Å². The second-order valence-corrected chi connectivity index (χ2v) is 6.41. The molecular weight excluding hydrogens is 285 g/mol. The maximum atomic E-state index is 13.0. The monoisotopic (exact) mass is 299 g/mol. The van der Waals surface area contributed by atoms with Crippen LogP contribution < -0.4 is 5.73 Å². The van der Waals surface area contributed by atoms with Crippen molar-refractivity contribution < 1.29 is 4.39 Å². The van der Waals surface area contributed by atoms with E-state index in [4.69, 9.17) is 5.73 Å². The zero-order valence-corrected chi connectivity index (χ0v) is 12.2. The SMILES string of the molecule is Nc1nc(-c2ccc(F)cc2)nc2sc3c(c12)CCCC3. The minimum Gasteiger partial charge on any atom is -0.383 e. The van der Waals surface area contributed by atoms with Crippen molar-refractivity contribution >= 4 is 27.4 Å². The molecule has 0 unspecified atom stereocenters. The van der Waals surface area contributed by atoms with E-state index in [0.29, 0.717) is 11.6 Å². The molecule has 2 N–H and O–H groups in total. The number of rotatable bonds is 1. The van der Waals surface area contributed by atoms with Crippen molar-refractivity contribution in [2.45, 2.75) is 25.7 Å². The van der Waals surface area contributed by atoms with Crippen molar-refractivity contribution in [3.05, 3.63) is 40.5 Å². The maximum Gasteiger partial charge on any atom is 0.163 e. The minimum atomic E-state index is -0.264. The molecule has 0 bridgehead atoms. The van der Waals surface area contributed by atoms with Gasteiger partial charge in [0, 0.05) is 10.4 Å². The summed E-state index contributed by atoms with van der Waals surface area (Å²) >= 11 is 1.72. The lowest BCUT2D eigenvalue weighted by atomic mass is 9.97. The molecule has 0 saturated carbocycles. The number of nitrogen functional groups attached to an aromatic ring is 1. The molecule has 0 saturated heterocycles. The Balaban J connectivity index is 1.91. The van der Waals surface area contributed by atoms with Crippen LogP contribution in [0.3, 0.4) is 0 Å². The van der Waals surface area contributed by atoms with E-state index in [1.165, 1.54) is 35.4 Å². The molecule has 0 atom stereocenters. The van der Waals surface area contributed by atoms with Crippen molar-refractivity contribution in [2.24, 2.45) is 0 Å². The van der Waals surface area contributed by atoms with Gasteiger partial charge >= 0.3 is 0 Å². The fourth-order valence-electron chi connectivity index (χ4n) is 2.91. The number of aromatic nitrogens is 2. The first-order chi connectivity index (χ1) is 10.2. The van der Waals surface area contributed by atoms with Gasteiger partial charge in [-0.05, 0) is 55.5 Å². The largest absolute Gasteiger partial charge is 0.383 e. The zero-order valence-electron chi connectivity index (χ0n) is 11.4. The van der Waals surface area contributed by atoms with Gasteiger partial charge in [0.15, 0.2) is 5.82 Å². The average molecular weight is 299 g/mol. The normalized spacial score (nSPS) is 14.3. The highest BCUT2D eigenvalue weighted by Gasteiger charge is 2.20. The van der Waals surface area contributed by atoms with E-state index in [0.717, 1.165) is 28.6 Å². The van der Waals surface area contributed by atoms with Gasteiger partial charge in [-0.1, -0.05) is 0 Å². The number of hydrogen-bond acceptors (Lipinski definition) is 4. The molecule has 0 aliphatic heterocycles. The summed E-state index contributed by atoms with van der Waals surface area (Å²) in [7, 11) is 0. The summed E-state index contributed by atoms with van der Waals surface area (Å²) in [5, 5.41) is 1.03. The van der Waals surface area contributed by atoms with Crippen molar-refractivity contribution in [1.82, 2.24) is 9.97 Å². The van der Waals surface area contributed by atoms with Crippen LogP contribution in [0.5, 0.6) is 0 Å². The molecular formula is C16H14FN3S. The Morgan fingerprint density at radius 1 is 1.05 bits per heavy atom. The van der Waals surface area contributed by atoms with Gasteiger partial charge in [0.1, 0.15) is 16.5 Å². The third-order valence-corrected chi connectivity index (χ3v) is 5.13. The first-order valence-electron chi connectivity index (χ1n) is 7.06. The fourth-order valence-corrected chi connectivity index (χ4v) is 4.18. The highest BCUT2D eigenvalue weighted by molar-refractivity contribution is 7.19. The first kappa shape index (κ1) is 12.7. The molecule has 0 radical (unpaired) electrons. The van der Waals surface area contributed by atoms with Crippen molar-refractivity contribution in [2.75, 3.05) is 5.73 Å². The van der Waals surface area contributed by atoms with Gasteiger partial charge in [0.05, 0.1) is 5.39 Å². The van der Waals surface area contributed by atoms with Crippen LogP contribution in [0.4, 0.5) is 10.2 Å². The van der Waals surface area contributed by atoms with Gasteiger partial charge in [-0.15, -0.1) is 11.3 Å². The summed E-state index contributed by atoms with van der Waals surface area (Å²) < 4.78 is 13.0. The number of thiophene rings is 1. The van der Waals surface area contributed by atoms with Gasteiger partial charge in [-0.3, -0.25) is 0 Å². The molecule has 3 nitrogen and oxygen atoms in total. The molecule has 3 aromatic rings. The van der Waals surface area contributed by atoms with E-state index >= 15 is 0 Å². The van der Waals surface area contributed by atoms with Crippen LogP contribution in [-0.4, -0.2) is 9.97 Å². The molecule has 2 aromatic heterocycles. The van der Waals surface area contributed by atoms with E-state index in [1.54, 1.807) is 23.5 Å². The average Bonchev–Trinajstić information content (AvgIpc) is 2.86. The van der Waals surface area contributed by atoms with Crippen LogP contribution in [0.25, 0.3) is 21.6 Å². The summed E-state index contributed by atoms with van der Waals surface area (Å²) in [6.07, 6.45) is 4.62. The number of fused-ring (bicyclic) bond motifs is 3. The fraction of sp³-hybridized carbons (Fsp3) is 0.250. The molecule has 21 heavy (non-hydrogen) atoms. The predicted octanol–water partition coefficient (Wildman–Crippen LogP) is 3.96. The third-order valence-electron chi connectivity index (χ3n) is 3.95. The van der Waals surface area contributed by atoms with E-state index < -0.39 is 0 Å². The van der Waals surface area contributed by atoms with Gasteiger partial charge in [-0.25, -0.2) is 14.4 Å². The standard InChI is InChI=1S/C16H14FN3S/c17-10-7-5-9(6-8-10)15-19-14(18)13-11-3-1-2-4-12(11)21-16(13)20-15/h5-8H,1-4H2,(H2,18,19,20). The van der Waals surface area contributed by atoms with Crippen LogP contribution in [0.15, 0.2) is 24.3 Å². The summed E-state index contributed by atoms with van der Waals surface area (Å²) in [6, 6.07) is 6.20. The quantitative estimate of drug-likeness (QED) is 0.740. The lowest BCUT2D eigenvalue weighted by molar-refractivity contribution is 0.628. The van der Waals surface area contributed by atoms with Crippen LogP contribution in [0, 0.1) is 5.82 Å². The Labute approximate surface area is 125 Å². The number of anilines is 1.